The monoisotopic (exact) mass is 701 g/mol. The van der Waals surface area contributed by atoms with Crippen molar-refractivity contribution in [1.29, 1.82) is 0 Å². The second kappa shape index (κ2) is 13.2. The summed E-state index contributed by atoms with van der Waals surface area (Å²) in [5, 5.41) is 2.61. The zero-order valence-corrected chi connectivity index (χ0v) is 31.0. The molecule has 55 heavy (non-hydrogen) atoms. The Labute approximate surface area is 323 Å². The molecule has 0 bridgehead atoms. The average molecular weight is 702 g/mol. The van der Waals surface area contributed by atoms with E-state index in [0.717, 1.165) is 33.6 Å². The average Bonchev–Trinajstić information content (AvgIpc) is 3.50. The van der Waals surface area contributed by atoms with Crippen molar-refractivity contribution in [2.75, 3.05) is 0 Å². The number of nitrogens with zero attached hydrogens (tertiary/aromatic N) is 1. The maximum Gasteiger partial charge on any atom is 0.0716 e. The molecular formula is C54H39N. The molecule has 0 amide bonds. The van der Waals surface area contributed by atoms with E-state index in [4.69, 9.17) is 4.98 Å². The molecule has 0 unspecified atom stereocenters. The van der Waals surface area contributed by atoms with E-state index >= 15 is 0 Å². The second-order valence-electron chi connectivity index (χ2n) is 15.2. The molecule has 1 aromatic heterocycles. The van der Waals surface area contributed by atoms with Crippen LogP contribution in [0.2, 0.25) is 0 Å². The maximum absolute atomic E-state index is 5.34. The maximum atomic E-state index is 5.34. The predicted molar refractivity (Wildman–Crippen MR) is 232 cm³/mol. The van der Waals surface area contributed by atoms with Gasteiger partial charge in [-0.15, -0.1) is 0 Å². The summed E-state index contributed by atoms with van der Waals surface area (Å²) >= 11 is 0. The van der Waals surface area contributed by atoms with Crippen LogP contribution < -0.4 is 0 Å². The van der Waals surface area contributed by atoms with Gasteiger partial charge in [-0.2, -0.15) is 0 Å². The molecule has 0 atom stereocenters. The number of aromatic nitrogens is 1. The van der Waals surface area contributed by atoms with Crippen LogP contribution in [0.5, 0.6) is 0 Å². The summed E-state index contributed by atoms with van der Waals surface area (Å²) in [6, 6.07) is 72.5. The molecule has 1 heteroatoms. The summed E-state index contributed by atoms with van der Waals surface area (Å²) in [5.41, 5.74) is 19.0. The largest absolute Gasteiger partial charge is 0.248 e. The molecule has 1 aliphatic rings. The van der Waals surface area contributed by atoms with Crippen LogP contribution in [0.3, 0.4) is 0 Å². The van der Waals surface area contributed by atoms with Gasteiger partial charge in [0.05, 0.1) is 11.4 Å². The lowest BCUT2D eigenvalue weighted by Gasteiger charge is -2.24. The van der Waals surface area contributed by atoms with Gasteiger partial charge in [-0.25, -0.2) is 4.98 Å². The Morgan fingerprint density at radius 2 is 0.818 bits per heavy atom. The Hall–Kier alpha value is -6.83. The first-order valence-corrected chi connectivity index (χ1v) is 19.1. The molecule has 260 valence electrons. The van der Waals surface area contributed by atoms with E-state index in [0.29, 0.717) is 0 Å². The third-order valence-corrected chi connectivity index (χ3v) is 11.4. The van der Waals surface area contributed by atoms with Crippen LogP contribution in [-0.2, 0) is 5.41 Å². The third kappa shape index (κ3) is 5.77. The van der Waals surface area contributed by atoms with E-state index in [1.165, 1.54) is 66.4 Å². The van der Waals surface area contributed by atoms with Gasteiger partial charge in [0.2, 0.25) is 0 Å². The number of hydrogen-bond donors (Lipinski definition) is 0. The van der Waals surface area contributed by atoms with Crippen molar-refractivity contribution in [2.45, 2.75) is 19.3 Å². The summed E-state index contributed by atoms with van der Waals surface area (Å²) in [7, 11) is 0. The van der Waals surface area contributed by atoms with Crippen LogP contribution in [0.1, 0.15) is 25.0 Å². The minimum atomic E-state index is -0.0963. The Balaban J connectivity index is 1.13. The molecule has 1 aliphatic carbocycles. The van der Waals surface area contributed by atoms with E-state index in [-0.39, 0.29) is 5.41 Å². The molecular weight excluding hydrogens is 663 g/mol. The van der Waals surface area contributed by atoms with Crippen LogP contribution >= 0.6 is 0 Å². The van der Waals surface area contributed by atoms with Crippen molar-refractivity contribution >= 4 is 10.8 Å². The summed E-state index contributed by atoms with van der Waals surface area (Å²) in [4.78, 5) is 5.34. The molecule has 0 radical (unpaired) electrons. The summed E-state index contributed by atoms with van der Waals surface area (Å²) in [6.45, 7) is 4.75. The molecule has 0 saturated carbocycles. The van der Waals surface area contributed by atoms with Crippen LogP contribution in [0, 0.1) is 0 Å². The first kappa shape index (κ1) is 32.8. The van der Waals surface area contributed by atoms with Gasteiger partial charge in [-0.1, -0.05) is 178 Å². The highest BCUT2D eigenvalue weighted by Crippen LogP contribution is 2.54. The Morgan fingerprint density at radius 1 is 0.345 bits per heavy atom. The fraction of sp³-hybridized carbons (Fsp3) is 0.0556. The minimum absolute atomic E-state index is 0.0963. The standard InChI is InChI=1S/C54H39N/c1-54(2)49-25-15-14-24-47(49)52-48(33-41-22-12-13-23-46(41)53(52)54)39-28-26-38(27-29-39)44-34-50(40-20-10-5-11-21-40)55-51(35-44)45-31-42(36-16-6-3-7-17-36)30-43(32-45)37-18-8-4-9-19-37/h3-35H,1-2H3. The molecule has 8 aromatic carbocycles. The molecule has 0 spiro atoms. The second-order valence-corrected chi connectivity index (χ2v) is 15.2. The van der Waals surface area contributed by atoms with Gasteiger partial charge in [0.15, 0.2) is 0 Å². The lowest BCUT2D eigenvalue weighted by molar-refractivity contribution is 0.666. The van der Waals surface area contributed by atoms with Crippen LogP contribution in [-0.4, -0.2) is 4.98 Å². The Bertz CT molecular complexity index is 2790. The smallest absolute Gasteiger partial charge is 0.0716 e. The van der Waals surface area contributed by atoms with Gasteiger partial charge in [0, 0.05) is 16.5 Å². The van der Waals surface area contributed by atoms with Crippen molar-refractivity contribution < 1.29 is 0 Å². The highest BCUT2D eigenvalue weighted by Gasteiger charge is 2.38. The lowest BCUT2D eigenvalue weighted by atomic mass is 9.79. The van der Waals surface area contributed by atoms with E-state index in [1.54, 1.807) is 0 Å². The topological polar surface area (TPSA) is 12.9 Å². The predicted octanol–water partition coefficient (Wildman–Crippen LogP) is 14.5. The third-order valence-electron chi connectivity index (χ3n) is 11.4. The fourth-order valence-corrected chi connectivity index (χ4v) is 8.70. The van der Waals surface area contributed by atoms with Crippen LogP contribution in [0.15, 0.2) is 200 Å². The number of hydrogen-bond acceptors (Lipinski definition) is 1. The summed E-state index contributed by atoms with van der Waals surface area (Å²) in [5.74, 6) is 0. The zero-order chi connectivity index (χ0) is 36.9. The van der Waals surface area contributed by atoms with Crippen molar-refractivity contribution in [3.8, 4) is 78.1 Å². The van der Waals surface area contributed by atoms with Gasteiger partial charge in [0.25, 0.3) is 0 Å². The van der Waals surface area contributed by atoms with E-state index < -0.39 is 0 Å². The Morgan fingerprint density at radius 3 is 1.47 bits per heavy atom. The van der Waals surface area contributed by atoms with E-state index in [2.05, 4.69) is 214 Å². The van der Waals surface area contributed by atoms with Crippen molar-refractivity contribution in [3.05, 3.63) is 211 Å². The highest BCUT2D eigenvalue weighted by atomic mass is 14.7. The Kier molecular flexibility index (Phi) is 7.89. The van der Waals surface area contributed by atoms with Gasteiger partial charge < -0.3 is 0 Å². The first-order valence-electron chi connectivity index (χ1n) is 19.1. The molecule has 0 aliphatic heterocycles. The number of rotatable bonds is 6. The van der Waals surface area contributed by atoms with Gasteiger partial charge in [0.1, 0.15) is 0 Å². The van der Waals surface area contributed by atoms with Gasteiger partial charge in [-0.3, -0.25) is 0 Å². The quantitative estimate of drug-likeness (QED) is 0.168. The van der Waals surface area contributed by atoms with Crippen molar-refractivity contribution in [3.63, 3.8) is 0 Å². The molecule has 10 rings (SSSR count). The number of pyridine rings is 1. The summed E-state index contributed by atoms with van der Waals surface area (Å²) < 4.78 is 0. The minimum Gasteiger partial charge on any atom is -0.248 e. The van der Waals surface area contributed by atoms with Gasteiger partial charge >= 0.3 is 0 Å². The molecule has 1 nitrogen and oxygen atoms in total. The first-order chi connectivity index (χ1) is 27.0. The van der Waals surface area contributed by atoms with Gasteiger partial charge in [-0.05, 0) is 114 Å². The normalized spacial score (nSPS) is 12.7. The fourth-order valence-electron chi connectivity index (χ4n) is 8.70. The van der Waals surface area contributed by atoms with Crippen molar-refractivity contribution in [2.24, 2.45) is 0 Å². The number of benzene rings is 8. The molecule has 0 saturated heterocycles. The van der Waals surface area contributed by atoms with Crippen molar-refractivity contribution in [1.82, 2.24) is 4.98 Å². The lowest BCUT2D eigenvalue weighted by Crippen LogP contribution is -2.15. The van der Waals surface area contributed by atoms with Crippen LogP contribution in [0.25, 0.3) is 88.9 Å². The molecule has 1 heterocycles. The SMILES string of the molecule is CC1(C)c2ccccc2-c2c(-c3ccc(-c4cc(-c5ccccc5)nc(-c5cc(-c6ccccc6)cc(-c6ccccc6)c5)c4)cc3)cc3ccccc3c21. The van der Waals surface area contributed by atoms with E-state index in [1.807, 2.05) is 0 Å². The zero-order valence-electron chi connectivity index (χ0n) is 31.0. The molecule has 9 aromatic rings. The number of fused-ring (bicyclic) bond motifs is 5. The molecule has 0 fully saturated rings. The molecule has 0 N–H and O–H groups in total. The highest BCUT2D eigenvalue weighted by molar-refractivity contribution is 6.04. The van der Waals surface area contributed by atoms with Crippen LogP contribution in [0.4, 0.5) is 0 Å². The summed E-state index contributed by atoms with van der Waals surface area (Å²) in [6.07, 6.45) is 0. The van der Waals surface area contributed by atoms with E-state index in [9.17, 15) is 0 Å².